The largest absolute Gasteiger partial charge is 0.198 e. The highest BCUT2D eigenvalue weighted by Gasteiger charge is 1.98. The lowest BCUT2D eigenvalue weighted by Gasteiger charge is -2.06. The minimum atomic E-state index is 0.602. The number of hydrogen-bond donors (Lipinski definition) is 0. The fraction of sp³-hybridized carbons (Fsp3) is 0.462. The quantitative estimate of drug-likeness (QED) is 0.700. The number of nitriles is 1. The minimum absolute atomic E-state index is 0.602. The third kappa shape index (κ3) is 4.40. The van der Waals surface area contributed by atoms with Crippen LogP contribution in [0.15, 0.2) is 24.3 Å². The molecule has 1 nitrogen and oxygen atoms in total. The third-order valence-electron chi connectivity index (χ3n) is 2.27. The van der Waals surface area contributed by atoms with Crippen molar-refractivity contribution in [1.29, 1.82) is 5.26 Å². The van der Waals surface area contributed by atoms with E-state index in [1.54, 1.807) is 0 Å². The highest BCUT2D eigenvalue weighted by molar-refractivity contribution is 7.98. The van der Waals surface area contributed by atoms with Gasteiger partial charge < -0.3 is 0 Å². The van der Waals surface area contributed by atoms with Gasteiger partial charge in [-0.3, -0.25) is 0 Å². The Bertz CT molecular complexity index is 321. The SMILES string of the molecule is CC(C)c1ccc(CSCCC#N)cc1. The van der Waals surface area contributed by atoms with Gasteiger partial charge in [-0.05, 0) is 17.0 Å². The molecule has 0 heterocycles. The zero-order valence-electron chi connectivity index (χ0n) is 9.36. The molecule has 1 aromatic carbocycles. The van der Waals surface area contributed by atoms with Crippen LogP contribution in [0.25, 0.3) is 0 Å². The van der Waals surface area contributed by atoms with Crippen LogP contribution in [0.1, 0.15) is 37.3 Å². The molecular formula is C13H17NS. The van der Waals surface area contributed by atoms with Crippen molar-refractivity contribution in [2.45, 2.75) is 31.9 Å². The normalized spacial score (nSPS) is 10.3. The molecule has 0 aliphatic heterocycles. The van der Waals surface area contributed by atoms with Gasteiger partial charge in [-0.25, -0.2) is 0 Å². The highest BCUT2D eigenvalue weighted by Crippen LogP contribution is 2.18. The summed E-state index contributed by atoms with van der Waals surface area (Å²) in [7, 11) is 0. The molecule has 0 unspecified atom stereocenters. The van der Waals surface area contributed by atoms with Crippen LogP contribution in [0, 0.1) is 11.3 Å². The number of thioether (sulfide) groups is 1. The van der Waals surface area contributed by atoms with Gasteiger partial charge in [0.2, 0.25) is 0 Å². The summed E-state index contributed by atoms with van der Waals surface area (Å²) in [6, 6.07) is 10.9. The Labute approximate surface area is 96.5 Å². The van der Waals surface area contributed by atoms with E-state index in [1.807, 2.05) is 11.8 Å². The molecule has 1 rings (SSSR count). The van der Waals surface area contributed by atoms with Gasteiger partial charge in [0.25, 0.3) is 0 Å². The zero-order chi connectivity index (χ0) is 11.1. The van der Waals surface area contributed by atoms with Crippen LogP contribution in [-0.4, -0.2) is 5.75 Å². The fourth-order valence-electron chi connectivity index (χ4n) is 1.31. The lowest BCUT2D eigenvalue weighted by Crippen LogP contribution is -1.88. The Morgan fingerprint density at radius 2 is 1.93 bits per heavy atom. The van der Waals surface area contributed by atoms with Gasteiger partial charge in [0.15, 0.2) is 0 Å². The highest BCUT2D eigenvalue weighted by atomic mass is 32.2. The van der Waals surface area contributed by atoms with Crippen molar-refractivity contribution in [3.63, 3.8) is 0 Å². The van der Waals surface area contributed by atoms with Crippen LogP contribution in [0.2, 0.25) is 0 Å². The molecule has 0 atom stereocenters. The number of hydrogen-bond acceptors (Lipinski definition) is 2. The lowest BCUT2D eigenvalue weighted by atomic mass is 10.0. The molecule has 0 saturated carbocycles. The number of rotatable bonds is 5. The average molecular weight is 219 g/mol. The molecule has 1 aromatic rings. The summed E-state index contributed by atoms with van der Waals surface area (Å²) in [5.41, 5.74) is 2.74. The molecular weight excluding hydrogens is 202 g/mol. The van der Waals surface area contributed by atoms with Gasteiger partial charge in [-0.2, -0.15) is 17.0 Å². The van der Waals surface area contributed by atoms with E-state index in [9.17, 15) is 0 Å². The molecule has 0 aliphatic rings. The molecule has 0 fully saturated rings. The van der Waals surface area contributed by atoms with Gasteiger partial charge in [0.05, 0.1) is 6.07 Å². The maximum absolute atomic E-state index is 8.40. The molecule has 0 spiro atoms. The Morgan fingerprint density at radius 3 is 2.47 bits per heavy atom. The van der Waals surface area contributed by atoms with Crippen molar-refractivity contribution in [1.82, 2.24) is 0 Å². The summed E-state index contributed by atoms with van der Waals surface area (Å²) in [5, 5.41) is 8.40. The summed E-state index contributed by atoms with van der Waals surface area (Å²) in [6.07, 6.45) is 0.648. The molecule has 0 N–H and O–H groups in total. The topological polar surface area (TPSA) is 23.8 Å². The number of benzene rings is 1. The van der Waals surface area contributed by atoms with Gasteiger partial charge in [0, 0.05) is 17.9 Å². The van der Waals surface area contributed by atoms with E-state index < -0.39 is 0 Å². The second kappa shape index (κ2) is 6.53. The second-order valence-electron chi connectivity index (χ2n) is 3.86. The first-order chi connectivity index (χ1) is 7.24. The van der Waals surface area contributed by atoms with E-state index in [1.165, 1.54) is 11.1 Å². The van der Waals surface area contributed by atoms with Crippen LogP contribution < -0.4 is 0 Å². The molecule has 2 heteroatoms. The predicted molar refractivity (Wildman–Crippen MR) is 66.9 cm³/mol. The van der Waals surface area contributed by atoms with E-state index >= 15 is 0 Å². The molecule has 0 aliphatic carbocycles. The van der Waals surface area contributed by atoms with Crippen molar-refractivity contribution in [3.8, 4) is 6.07 Å². The fourth-order valence-corrected chi connectivity index (χ4v) is 2.11. The summed E-state index contributed by atoms with van der Waals surface area (Å²) in [6.45, 7) is 4.41. The van der Waals surface area contributed by atoms with E-state index in [4.69, 9.17) is 5.26 Å². The van der Waals surface area contributed by atoms with Crippen LogP contribution in [0.3, 0.4) is 0 Å². The third-order valence-corrected chi connectivity index (χ3v) is 3.30. The van der Waals surface area contributed by atoms with Crippen molar-refractivity contribution in [2.24, 2.45) is 0 Å². The predicted octanol–water partition coefficient (Wildman–Crippen LogP) is 3.96. The molecule has 0 saturated heterocycles. The lowest BCUT2D eigenvalue weighted by molar-refractivity contribution is 0.866. The summed E-state index contributed by atoms with van der Waals surface area (Å²) in [4.78, 5) is 0. The number of nitrogens with zero attached hydrogens (tertiary/aromatic N) is 1. The van der Waals surface area contributed by atoms with Gasteiger partial charge in [-0.1, -0.05) is 38.1 Å². The monoisotopic (exact) mass is 219 g/mol. The molecule has 0 bridgehead atoms. The van der Waals surface area contributed by atoms with Crippen molar-refractivity contribution in [2.75, 3.05) is 5.75 Å². The first-order valence-corrected chi connectivity index (χ1v) is 6.43. The smallest absolute Gasteiger partial charge is 0.0630 e. The zero-order valence-corrected chi connectivity index (χ0v) is 10.2. The summed E-state index contributed by atoms with van der Waals surface area (Å²) >= 11 is 1.82. The van der Waals surface area contributed by atoms with Crippen molar-refractivity contribution in [3.05, 3.63) is 35.4 Å². The first kappa shape index (κ1) is 12.1. The van der Waals surface area contributed by atoms with Crippen LogP contribution in [0.4, 0.5) is 0 Å². The second-order valence-corrected chi connectivity index (χ2v) is 4.96. The standard InChI is InChI=1S/C13H17NS/c1-11(2)13-6-4-12(5-7-13)10-15-9-3-8-14/h4-7,11H,3,9-10H2,1-2H3. The van der Waals surface area contributed by atoms with E-state index in [0.717, 1.165) is 11.5 Å². The van der Waals surface area contributed by atoms with Crippen LogP contribution >= 0.6 is 11.8 Å². The summed E-state index contributed by atoms with van der Waals surface area (Å²) in [5.74, 6) is 2.55. The van der Waals surface area contributed by atoms with Gasteiger partial charge >= 0.3 is 0 Å². The van der Waals surface area contributed by atoms with E-state index in [0.29, 0.717) is 12.3 Å². The summed E-state index contributed by atoms with van der Waals surface area (Å²) < 4.78 is 0. The maximum atomic E-state index is 8.40. The Morgan fingerprint density at radius 1 is 1.27 bits per heavy atom. The van der Waals surface area contributed by atoms with Crippen LogP contribution in [-0.2, 0) is 5.75 Å². The Hall–Kier alpha value is -0.940. The van der Waals surface area contributed by atoms with E-state index in [-0.39, 0.29) is 0 Å². The molecule has 15 heavy (non-hydrogen) atoms. The van der Waals surface area contributed by atoms with E-state index in [2.05, 4.69) is 44.2 Å². The Balaban J connectivity index is 2.40. The van der Waals surface area contributed by atoms with Crippen LogP contribution in [0.5, 0.6) is 0 Å². The molecule has 80 valence electrons. The van der Waals surface area contributed by atoms with Crippen molar-refractivity contribution >= 4 is 11.8 Å². The molecule has 0 radical (unpaired) electrons. The average Bonchev–Trinajstić information content (AvgIpc) is 2.25. The minimum Gasteiger partial charge on any atom is -0.198 e. The van der Waals surface area contributed by atoms with Crippen molar-refractivity contribution < 1.29 is 0 Å². The van der Waals surface area contributed by atoms with Gasteiger partial charge in [0.1, 0.15) is 0 Å². The maximum Gasteiger partial charge on any atom is 0.0630 e. The van der Waals surface area contributed by atoms with Gasteiger partial charge in [-0.15, -0.1) is 0 Å². The first-order valence-electron chi connectivity index (χ1n) is 5.27. The Kier molecular flexibility index (Phi) is 5.28. The molecule has 0 aromatic heterocycles. The molecule has 0 amide bonds.